The molecule has 10 nitrogen and oxygen atoms in total. The van der Waals surface area contributed by atoms with Crippen LogP contribution in [0.4, 0.5) is 5.82 Å². The fourth-order valence-corrected chi connectivity index (χ4v) is 4.60. The van der Waals surface area contributed by atoms with Gasteiger partial charge in [0.2, 0.25) is 0 Å². The maximum atomic E-state index is 11.7. The molecule has 1 amide bonds. The molecule has 3 aromatic rings. The zero-order chi connectivity index (χ0) is 25.1. The van der Waals surface area contributed by atoms with Crippen LogP contribution >= 0.6 is 0 Å². The number of hydrogen-bond acceptors (Lipinski definition) is 8. The van der Waals surface area contributed by atoms with Gasteiger partial charge >= 0.3 is 0 Å². The molecule has 3 aromatic heterocycles. The normalized spacial score (nSPS) is 18.6. The number of carbonyl (C=O) groups excluding carboxylic acids is 1. The highest BCUT2D eigenvalue weighted by molar-refractivity contribution is 5.93. The number of terminal acetylenes is 1. The highest BCUT2D eigenvalue weighted by Gasteiger charge is 2.22. The summed E-state index contributed by atoms with van der Waals surface area (Å²) in [6.07, 6.45) is 10.4. The van der Waals surface area contributed by atoms with Gasteiger partial charge in [-0.05, 0) is 31.2 Å². The zero-order valence-corrected chi connectivity index (χ0v) is 20.1. The molecule has 36 heavy (non-hydrogen) atoms. The minimum absolute atomic E-state index is 0.00691. The van der Waals surface area contributed by atoms with Crippen LogP contribution in [0.15, 0.2) is 36.8 Å². The van der Waals surface area contributed by atoms with E-state index in [4.69, 9.17) is 15.9 Å². The SMILES string of the molecule is C#CC(=O)N1CCN(c2ccc(-c3cc(OC[C@@H]4CN(C)CCO4)cn4ncc(C#N)c34)cn2)CC1. The Bertz CT molecular complexity index is 1330. The summed E-state index contributed by atoms with van der Waals surface area (Å²) in [6.45, 7) is 5.28. The Morgan fingerprint density at radius 3 is 2.78 bits per heavy atom. The van der Waals surface area contributed by atoms with E-state index >= 15 is 0 Å². The van der Waals surface area contributed by atoms with Crippen LogP contribution in [0.2, 0.25) is 0 Å². The Kier molecular flexibility index (Phi) is 6.72. The van der Waals surface area contributed by atoms with Crippen molar-refractivity contribution in [3.8, 4) is 35.3 Å². The fourth-order valence-electron chi connectivity index (χ4n) is 4.60. The second-order valence-electron chi connectivity index (χ2n) is 8.95. The van der Waals surface area contributed by atoms with Crippen LogP contribution in [-0.2, 0) is 9.53 Å². The van der Waals surface area contributed by atoms with Gasteiger partial charge in [-0.1, -0.05) is 0 Å². The van der Waals surface area contributed by atoms with Crippen molar-refractivity contribution in [3.63, 3.8) is 0 Å². The number of fused-ring (bicyclic) bond motifs is 1. The maximum absolute atomic E-state index is 11.7. The van der Waals surface area contributed by atoms with Gasteiger partial charge in [0, 0.05) is 56.6 Å². The molecule has 2 fully saturated rings. The molecule has 0 aromatic carbocycles. The van der Waals surface area contributed by atoms with Crippen molar-refractivity contribution in [2.24, 2.45) is 0 Å². The number of pyridine rings is 2. The lowest BCUT2D eigenvalue weighted by Gasteiger charge is -2.34. The summed E-state index contributed by atoms with van der Waals surface area (Å²) in [5, 5.41) is 14.0. The van der Waals surface area contributed by atoms with Crippen molar-refractivity contribution < 1.29 is 14.3 Å². The number of anilines is 1. The molecule has 5 rings (SSSR count). The molecule has 0 N–H and O–H groups in total. The van der Waals surface area contributed by atoms with Crippen LogP contribution in [0, 0.1) is 23.7 Å². The molecule has 5 heterocycles. The van der Waals surface area contributed by atoms with E-state index in [-0.39, 0.29) is 12.0 Å². The van der Waals surface area contributed by atoms with Gasteiger partial charge in [-0.15, -0.1) is 6.42 Å². The molecule has 0 unspecified atom stereocenters. The summed E-state index contributed by atoms with van der Waals surface area (Å²) in [6, 6.07) is 8.08. The van der Waals surface area contributed by atoms with Crippen LogP contribution in [0.25, 0.3) is 16.6 Å². The van der Waals surface area contributed by atoms with E-state index in [1.807, 2.05) is 18.2 Å². The number of nitriles is 1. The van der Waals surface area contributed by atoms with Crippen LogP contribution in [-0.4, -0.2) is 95.9 Å². The number of carbonyl (C=O) groups is 1. The predicted octanol–water partition coefficient (Wildman–Crippen LogP) is 1.26. The molecule has 2 saturated heterocycles. The summed E-state index contributed by atoms with van der Waals surface area (Å²) in [7, 11) is 2.07. The third kappa shape index (κ3) is 4.82. The van der Waals surface area contributed by atoms with E-state index in [0.29, 0.717) is 56.2 Å². The summed E-state index contributed by atoms with van der Waals surface area (Å²) < 4.78 is 13.6. The maximum Gasteiger partial charge on any atom is 0.298 e. The first kappa shape index (κ1) is 23.6. The van der Waals surface area contributed by atoms with E-state index in [1.165, 1.54) is 0 Å². The topological polar surface area (TPSA) is 99.2 Å². The molecule has 0 aliphatic carbocycles. The molecule has 2 aliphatic heterocycles. The number of likely N-dealkylation sites (N-methyl/N-ethyl adjacent to an activating group) is 1. The molecule has 0 saturated carbocycles. The third-order valence-corrected chi connectivity index (χ3v) is 6.56. The Labute approximate surface area is 209 Å². The summed E-state index contributed by atoms with van der Waals surface area (Å²) in [5.74, 6) is 3.36. The highest BCUT2D eigenvalue weighted by atomic mass is 16.5. The van der Waals surface area contributed by atoms with Crippen molar-refractivity contribution >= 4 is 17.2 Å². The van der Waals surface area contributed by atoms with Gasteiger partial charge in [0.25, 0.3) is 5.91 Å². The number of morpholine rings is 1. The number of piperazine rings is 1. The van der Waals surface area contributed by atoms with Gasteiger partial charge in [-0.2, -0.15) is 10.4 Å². The van der Waals surface area contributed by atoms with Crippen LogP contribution < -0.4 is 9.64 Å². The summed E-state index contributed by atoms with van der Waals surface area (Å²) >= 11 is 0. The molecule has 1 atom stereocenters. The minimum atomic E-state index is -0.278. The van der Waals surface area contributed by atoms with E-state index in [0.717, 1.165) is 30.0 Å². The van der Waals surface area contributed by atoms with Crippen LogP contribution in [0.5, 0.6) is 5.75 Å². The lowest BCUT2D eigenvalue weighted by Crippen LogP contribution is -2.48. The Morgan fingerprint density at radius 2 is 2.08 bits per heavy atom. The largest absolute Gasteiger partial charge is 0.489 e. The molecule has 2 aliphatic rings. The van der Waals surface area contributed by atoms with Crippen molar-refractivity contribution in [1.82, 2.24) is 24.4 Å². The number of rotatable bonds is 5. The molecule has 10 heteroatoms. The lowest BCUT2D eigenvalue weighted by atomic mass is 10.1. The van der Waals surface area contributed by atoms with E-state index < -0.39 is 0 Å². The lowest BCUT2D eigenvalue weighted by molar-refractivity contribution is -0.125. The van der Waals surface area contributed by atoms with Crippen LogP contribution in [0.1, 0.15) is 5.56 Å². The Hall–Kier alpha value is -4.12. The van der Waals surface area contributed by atoms with Crippen molar-refractivity contribution in [2.75, 3.05) is 64.4 Å². The first-order valence-corrected chi connectivity index (χ1v) is 11.9. The monoisotopic (exact) mass is 485 g/mol. The smallest absolute Gasteiger partial charge is 0.298 e. The highest BCUT2D eigenvalue weighted by Crippen LogP contribution is 2.31. The average molecular weight is 486 g/mol. The Balaban J connectivity index is 1.37. The van der Waals surface area contributed by atoms with Gasteiger partial charge < -0.3 is 24.2 Å². The van der Waals surface area contributed by atoms with Crippen molar-refractivity contribution in [1.29, 1.82) is 5.26 Å². The van der Waals surface area contributed by atoms with Gasteiger partial charge in [0.05, 0.1) is 30.1 Å². The molecular formula is C26H27N7O3. The standard InChI is InChI=1S/C26H27N7O3/c1-3-25(34)32-8-6-31(7-9-32)24-5-4-19(14-28-24)23-12-21(17-33-26(23)20(13-27)15-29-33)36-18-22-16-30(2)10-11-35-22/h1,4-5,12,14-15,17,22H,6-11,16,18H2,2H3/t22-/m0/s1. The van der Waals surface area contributed by atoms with Gasteiger partial charge in [-0.3, -0.25) is 4.79 Å². The number of hydrogen-bond donors (Lipinski definition) is 0. The zero-order valence-electron chi connectivity index (χ0n) is 20.1. The van der Waals surface area contributed by atoms with Gasteiger partial charge in [0.1, 0.15) is 30.3 Å². The van der Waals surface area contributed by atoms with E-state index in [2.05, 4.69) is 38.9 Å². The molecule has 184 valence electrons. The minimum Gasteiger partial charge on any atom is -0.489 e. The molecule has 0 spiro atoms. The van der Waals surface area contributed by atoms with E-state index in [9.17, 15) is 10.1 Å². The quantitative estimate of drug-likeness (QED) is 0.498. The number of aromatic nitrogens is 3. The first-order valence-electron chi connectivity index (χ1n) is 11.9. The second-order valence-corrected chi connectivity index (χ2v) is 8.95. The number of amides is 1. The predicted molar refractivity (Wildman–Crippen MR) is 133 cm³/mol. The molecule has 0 radical (unpaired) electrons. The second kappa shape index (κ2) is 10.2. The molecule has 0 bridgehead atoms. The fraction of sp³-hybridized carbons (Fsp3) is 0.385. The number of nitrogens with zero attached hydrogens (tertiary/aromatic N) is 7. The van der Waals surface area contributed by atoms with Gasteiger partial charge in [-0.25, -0.2) is 9.50 Å². The van der Waals surface area contributed by atoms with Crippen molar-refractivity contribution in [3.05, 3.63) is 42.4 Å². The molecular weight excluding hydrogens is 458 g/mol. The first-order chi connectivity index (χ1) is 17.6. The van der Waals surface area contributed by atoms with Gasteiger partial charge in [0.15, 0.2) is 0 Å². The van der Waals surface area contributed by atoms with E-state index in [1.54, 1.807) is 28.0 Å². The van der Waals surface area contributed by atoms with Crippen molar-refractivity contribution in [2.45, 2.75) is 6.10 Å². The number of ether oxygens (including phenoxy) is 2. The third-order valence-electron chi connectivity index (χ3n) is 6.56. The van der Waals surface area contributed by atoms with Crippen LogP contribution in [0.3, 0.4) is 0 Å². The average Bonchev–Trinajstić information content (AvgIpc) is 3.34. The summed E-state index contributed by atoms with van der Waals surface area (Å²) in [5.41, 5.74) is 2.84. The Morgan fingerprint density at radius 1 is 1.25 bits per heavy atom. The summed E-state index contributed by atoms with van der Waals surface area (Å²) in [4.78, 5) is 22.4.